The third-order valence-corrected chi connectivity index (χ3v) is 4.22. The Morgan fingerprint density at radius 3 is 2.14 bits per heavy atom. The molecule has 1 saturated heterocycles. The van der Waals surface area contributed by atoms with Gasteiger partial charge >= 0.3 is 0 Å². The van der Waals surface area contributed by atoms with Crippen molar-refractivity contribution < 1.29 is 9.59 Å². The van der Waals surface area contributed by atoms with Crippen LogP contribution in [0.1, 0.15) is 23.7 Å². The molecule has 0 bridgehead atoms. The van der Waals surface area contributed by atoms with Gasteiger partial charge in [0.1, 0.15) is 0 Å². The average molecular weight is 344 g/mol. The molecule has 0 aliphatic carbocycles. The first-order chi connectivity index (χ1) is 10.4. The van der Waals surface area contributed by atoms with Crippen molar-refractivity contribution in [2.75, 3.05) is 26.2 Å². The molecule has 22 heavy (non-hydrogen) atoms. The number of benzene rings is 1. The van der Waals surface area contributed by atoms with E-state index in [4.69, 9.17) is 28.9 Å². The summed E-state index contributed by atoms with van der Waals surface area (Å²) in [6, 6.07) is 4.83. The highest BCUT2D eigenvalue weighted by atomic mass is 35.5. The molecule has 0 saturated carbocycles. The molecule has 1 aromatic carbocycles. The standard InChI is InChI=1S/C15H19Cl2N3O2/c1-10(18)9-13(21)19-5-7-20(8-6-19)15(22)14-11(16)3-2-4-12(14)17/h2-4,10H,5-9,18H2,1H3. The summed E-state index contributed by atoms with van der Waals surface area (Å²) in [5, 5.41) is 0.681. The first-order valence-corrected chi connectivity index (χ1v) is 7.92. The largest absolute Gasteiger partial charge is 0.339 e. The predicted octanol–water partition coefficient (Wildman–Crippen LogP) is 2.02. The molecule has 2 rings (SSSR count). The molecule has 1 aliphatic heterocycles. The maximum absolute atomic E-state index is 12.5. The fourth-order valence-corrected chi connectivity index (χ4v) is 2.98. The molecule has 1 unspecified atom stereocenters. The fourth-order valence-electron chi connectivity index (χ4n) is 2.42. The molecule has 120 valence electrons. The van der Waals surface area contributed by atoms with E-state index in [0.717, 1.165) is 0 Å². The molecule has 2 amide bonds. The molecule has 1 heterocycles. The van der Waals surface area contributed by atoms with Crippen LogP contribution in [0.4, 0.5) is 0 Å². The highest BCUT2D eigenvalue weighted by molar-refractivity contribution is 6.39. The van der Waals surface area contributed by atoms with E-state index in [1.54, 1.807) is 34.9 Å². The van der Waals surface area contributed by atoms with Crippen LogP contribution < -0.4 is 5.73 Å². The Balaban J connectivity index is 2.00. The second-order valence-corrected chi connectivity index (χ2v) is 6.27. The zero-order valence-corrected chi connectivity index (χ0v) is 13.9. The summed E-state index contributed by atoms with van der Waals surface area (Å²) in [7, 11) is 0. The average Bonchev–Trinajstić information content (AvgIpc) is 2.46. The van der Waals surface area contributed by atoms with E-state index in [1.165, 1.54) is 0 Å². The van der Waals surface area contributed by atoms with Gasteiger partial charge in [0.25, 0.3) is 5.91 Å². The summed E-state index contributed by atoms with van der Waals surface area (Å²) in [5.74, 6) is -0.173. The number of carbonyl (C=O) groups excluding carboxylic acids is 2. The molecule has 7 heteroatoms. The number of piperazine rings is 1. The van der Waals surface area contributed by atoms with Crippen molar-refractivity contribution in [2.45, 2.75) is 19.4 Å². The van der Waals surface area contributed by atoms with E-state index in [0.29, 0.717) is 48.2 Å². The zero-order valence-electron chi connectivity index (χ0n) is 12.4. The van der Waals surface area contributed by atoms with Crippen LogP contribution in [0.5, 0.6) is 0 Å². The Morgan fingerprint density at radius 2 is 1.64 bits per heavy atom. The van der Waals surface area contributed by atoms with E-state index in [1.807, 2.05) is 0 Å². The van der Waals surface area contributed by atoms with Crippen molar-refractivity contribution in [3.8, 4) is 0 Å². The van der Waals surface area contributed by atoms with E-state index >= 15 is 0 Å². The number of hydrogen-bond donors (Lipinski definition) is 1. The summed E-state index contributed by atoms with van der Waals surface area (Å²) in [6.45, 7) is 3.73. The van der Waals surface area contributed by atoms with E-state index < -0.39 is 0 Å². The summed E-state index contributed by atoms with van der Waals surface area (Å²) >= 11 is 12.1. The minimum Gasteiger partial charge on any atom is -0.339 e. The molecule has 0 radical (unpaired) electrons. The van der Waals surface area contributed by atoms with Crippen LogP contribution in [0.15, 0.2) is 18.2 Å². The predicted molar refractivity (Wildman–Crippen MR) is 87.2 cm³/mol. The maximum atomic E-state index is 12.5. The Bertz CT molecular complexity index is 550. The van der Waals surface area contributed by atoms with Crippen molar-refractivity contribution in [3.05, 3.63) is 33.8 Å². The Kier molecular flexibility index (Phi) is 5.67. The van der Waals surface area contributed by atoms with Crippen LogP contribution in [0.25, 0.3) is 0 Å². The van der Waals surface area contributed by atoms with Crippen molar-refractivity contribution in [1.29, 1.82) is 0 Å². The van der Waals surface area contributed by atoms with E-state index in [9.17, 15) is 9.59 Å². The van der Waals surface area contributed by atoms with Crippen molar-refractivity contribution in [1.82, 2.24) is 9.80 Å². The SMILES string of the molecule is CC(N)CC(=O)N1CCN(C(=O)c2c(Cl)cccc2Cl)CC1. The Morgan fingerprint density at radius 1 is 1.14 bits per heavy atom. The number of nitrogens with two attached hydrogens (primary N) is 1. The Hall–Kier alpha value is -1.30. The second kappa shape index (κ2) is 7.31. The van der Waals surface area contributed by atoms with Gasteiger partial charge in [-0.2, -0.15) is 0 Å². The minimum atomic E-state index is -0.199. The van der Waals surface area contributed by atoms with Gasteiger partial charge in [-0.3, -0.25) is 9.59 Å². The lowest BCUT2D eigenvalue weighted by atomic mass is 10.1. The minimum absolute atomic E-state index is 0.0258. The monoisotopic (exact) mass is 343 g/mol. The molecule has 1 aromatic rings. The van der Waals surface area contributed by atoms with Crippen LogP contribution in [0, 0.1) is 0 Å². The number of amides is 2. The Labute approximate surface area is 139 Å². The van der Waals surface area contributed by atoms with Gasteiger partial charge in [0.05, 0.1) is 15.6 Å². The molecular formula is C15H19Cl2N3O2. The first-order valence-electron chi connectivity index (χ1n) is 7.16. The normalized spacial score (nSPS) is 16.5. The number of rotatable bonds is 3. The van der Waals surface area contributed by atoms with Gasteiger partial charge in [-0.15, -0.1) is 0 Å². The topological polar surface area (TPSA) is 66.6 Å². The second-order valence-electron chi connectivity index (χ2n) is 5.45. The fraction of sp³-hybridized carbons (Fsp3) is 0.467. The van der Waals surface area contributed by atoms with Crippen molar-refractivity contribution in [2.24, 2.45) is 5.73 Å². The van der Waals surface area contributed by atoms with E-state index in [2.05, 4.69) is 0 Å². The molecule has 0 spiro atoms. The van der Waals surface area contributed by atoms with Gasteiger partial charge in [-0.25, -0.2) is 0 Å². The van der Waals surface area contributed by atoms with Crippen molar-refractivity contribution in [3.63, 3.8) is 0 Å². The maximum Gasteiger partial charge on any atom is 0.257 e. The highest BCUT2D eigenvalue weighted by Crippen LogP contribution is 2.26. The third-order valence-electron chi connectivity index (χ3n) is 3.59. The summed E-state index contributed by atoms with van der Waals surface area (Å²) in [6.07, 6.45) is 0.324. The highest BCUT2D eigenvalue weighted by Gasteiger charge is 2.27. The lowest BCUT2D eigenvalue weighted by molar-refractivity contribution is -0.132. The van der Waals surface area contributed by atoms with Gasteiger partial charge < -0.3 is 15.5 Å². The van der Waals surface area contributed by atoms with Crippen LogP contribution in [0.3, 0.4) is 0 Å². The number of carbonyl (C=O) groups is 2. The molecule has 1 aliphatic rings. The van der Waals surface area contributed by atoms with Gasteiger partial charge in [0.2, 0.25) is 5.91 Å². The molecule has 0 aromatic heterocycles. The zero-order chi connectivity index (χ0) is 16.3. The van der Waals surface area contributed by atoms with Crippen LogP contribution in [-0.4, -0.2) is 53.8 Å². The van der Waals surface area contributed by atoms with Gasteiger partial charge in [-0.05, 0) is 19.1 Å². The smallest absolute Gasteiger partial charge is 0.257 e. The van der Waals surface area contributed by atoms with Crippen LogP contribution in [-0.2, 0) is 4.79 Å². The lowest BCUT2D eigenvalue weighted by Crippen LogP contribution is -2.51. The van der Waals surface area contributed by atoms with Gasteiger partial charge in [-0.1, -0.05) is 29.3 Å². The number of halogens is 2. The third kappa shape index (κ3) is 3.91. The summed E-state index contributed by atoms with van der Waals surface area (Å²) in [4.78, 5) is 27.9. The van der Waals surface area contributed by atoms with Gasteiger partial charge in [0, 0.05) is 38.6 Å². The van der Waals surface area contributed by atoms with Crippen LogP contribution in [0.2, 0.25) is 10.0 Å². The van der Waals surface area contributed by atoms with Crippen LogP contribution >= 0.6 is 23.2 Å². The number of hydrogen-bond acceptors (Lipinski definition) is 3. The quantitative estimate of drug-likeness (QED) is 0.912. The molecular weight excluding hydrogens is 325 g/mol. The van der Waals surface area contributed by atoms with E-state index in [-0.39, 0.29) is 17.9 Å². The lowest BCUT2D eigenvalue weighted by Gasteiger charge is -2.35. The number of nitrogens with zero attached hydrogens (tertiary/aromatic N) is 2. The molecule has 1 fully saturated rings. The summed E-state index contributed by atoms with van der Waals surface area (Å²) in [5.41, 5.74) is 5.96. The first kappa shape index (κ1) is 17.1. The van der Waals surface area contributed by atoms with Crippen molar-refractivity contribution >= 4 is 35.0 Å². The summed E-state index contributed by atoms with van der Waals surface area (Å²) < 4.78 is 0. The molecule has 5 nitrogen and oxygen atoms in total. The molecule has 1 atom stereocenters. The van der Waals surface area contributed by atoms with Gasteiger partial charge in [0.15, 0.2) is 0 Å². The molecule has 2 N–H and O–H groups in total.